The van der Waals surface area contributed by atoms with Gasteiger partial charge in [0.1, 0.15) is 0 Å². The van der Waals surface area contributed by atoms with Gasteiger partial charge in [-0.1, -0.05) is 11.4 Å². The van der Waals surface area contributed by atoms with Crippen molar-refractivity contribution in [1.82, 2.24) is 5.09 Å². The molecule has 0 saturated heterocycles. The van der Waals surface area contributed by atoms with E-state index in [0.717, 1.165) is 0 Å². The monoisotopic (exact) mass is 197 g/mol. The van der Waals surface area contributed by atoms with Gasteiger partial charge in [0.2, 0.25) is 0 Å². The van der Waals surface area contributed by atoms with Crippen molar-refractivity contribution in [3.63, 3.8) is 0 Å². The second-order valence-corrected chi connectivity index (χ2v) is 7.71. The third kappa shape index (κ3) is 4.86. The van der Waals surface area contributed by atoms with Gasteiger partial charge in [-0.2, -0.15) is 0 Å². The summed E-state index contributed by atoms with van der Waals surface area (Å²) < 4.78 is 16.5. The molecule has 0 aliphatic heterocycles. The van der Waals surface area contributed by atoms with Crippen LogP contribution in [-0.2, 0) is 9.09 Å². The van der Waals surface area contributed by atoms with E-state index in [2.05, 4.69) is 5.09 Å². The average Bonchev–Trinajstić information content (AvgIpc) is 1.84. The van der Waals surface area contributed by atoms with Gasteiger partial charge in [0, 0.05) is 12.6 Å². The van der Waals surface area contributed by atoms with Crippen molar-refractivity contribution >= 4 is 18.1 Å². The highest BCUT2D eigenvalue weighted by Crippen LogP contribution is 2.54. The van der Waals surface area contributed by atoms with Gasteiger partial charge >= 0.3 is 6.72 Å². The van der Waals surface area contributed by atoms with Crippen molar-refractivity contribution < 1.29 is 9.09 Å². The van der Waals surface area contributed by atoms with Crippen LogP contribution in [0.5, 0.6) is 0 Å². The Labute approximate surface area is 72.5 Å². The van der Waals surface area contributed by atoms with Crippen molar-refractivity contribution in [2.75, 3.05) is 13.4 Å². The minimum atomic E-state index is -2.64. The molecule has 5 heteroatoms. The summed E-state index contributed by atoms with van der Waals surface area (Å²) in [7, 11) is 1.45. The highest BCUT2D eigenvalue weighted by Gasteiger charge is 2.26. The van der Waals surface area contributed by atoms with E-state index in [9.17, 15) is 4.57 Å². The highest BCUT2D eigenvalue weighted by atomic mass is 32.7. The van der Waals surface area contributed by atoms with Gasteiger partial charge in [-0.05, 0) is 27.0 Å². The van der Waals surface area contributed by atoms with Crippen LogP contribution in [0, 0.1) is 0 Å². The number of hydrogen-bond donors (Lipinski definition) is 1. The maximum absolute atomic E-state index is 11.6. The van der Waals surface area contributed by atoms with Crippen LogP contribution in [0.25, 0.3) is 0 Å². The summed E-state index contributed by atoms with van der Waals surface area (Å²) in [4.78, 5) is 0. The first kappa shape index (κ1) is 11.5. The van der Waals surface area contributed by atoms with Crippen LogP contribution in [0.3, 0.4) is 0 Å². The number of hydrogen-bond acceptors (Lipinski definition) is 3. The normalized spacial score (nSPS) is 17.9. The molecule has 0 amide bonds. The molecule has 1 unspecified atom stereocenters. The Morgan fingerprint density at radius 1 is 1.45 bits per heavy atom. The molecule has 0 spiro atoms. The maximum atomic E-state index is 11.6. The molecule has 1 N–H and O–H groups in total. The van der Waals surface area contributed by atoms with Crippen LogP contribution in [-0.4, -0.2) is 18.9 Å². The Balaban J connectivity index is 4.21. The van der Waals surface area contributed by atoms with Crippen LogP contribution in [0.15, 0.2) is 0 Å². The first-order valence-electron chi connectivity index (χ1n) is 3.34. The molecule has 0 bridgehead atoms. The molecule has 0 heterocycles. The summed E-state index contributed by atoms with van der Waals surface area (Å²) in [5.41, 5.74) is -0.172. The predicted octanol–water partition coefficient (Wildman–Crippen LogP) is 2.49. The lowest BCUT2D eigenvalue weighted by molar-refractivity contribution is 0.376. The van der Waals surface area contributed by atoms with Gasteiger partial charge in [-0.3, -0.25) is 4.57 Å². The quantitative estimate of drug-likeness (QED) is 0.705. The second-order valence-electron chi connectivity index (χ2n) is 3.22. The predicted molar refractivity (Wildman–Crippen MR) is 51.0 cm³/mol. The Bertz CT molecular complexity index is 158. The van der Waals surface area contributed by atoms with E-state index in [-0.39, 0.29) is 5.54 Å². The van der Waals surface area contributed by atoms with Gasteiger partial charge in [0.25, 0.3) is 0 Å². The molecule has 0 aromatic carbocycles. The Kier molecular flexibility index (Phi) is 4.12. The van der Waals surface area contributed by atoms with Gasteiger partial charge in [0.05, 0.1) is 0 Å². The van der Waals surface area contributed by atoms with E-state index in [1.54, 1.807) is 6.26 Å². The molecule has 68 valence electrons. The van der Waals surface area contributed by atoms with Crippen LogP contribution in [0.2, 0.25) is 0 Å². The van der Waals surface area contributed by atoms with Crippen molar-refractivity contribution in [1.29, 1.82) is 0 Å². The Hall–Kier alpha value is 0.500. The van der Waals surface area contributed by atoms with E-state index < -0.39 is 6.72 Å². The van der Waals surface area contributed by atoms with Crippen molar-refractivity contribution in [2.24, 2.45) is 0 Å². The fourth-order valence-electron chi connectivity index (χ4n) is 0.577. The zero-order valence-corrected chi connectivity index (χ0v) is 9.38. The van der Waals surface area contributed by atoms with Crippen LogP contribution in [0.4, 0.5) is 0 Å². The summed E-state index contributed by atoms with van der Waals surface area (Å²) in [5, 5.41) is 2.93. The Morgan fingerprint density at radius 3 is 2.00 bits per heavy atom. The zero-order valence-electron chi connectivity index (χ0n) is 7.67. The lowest BCUT2D eigenvalue weighted by Gasteiger charge is -2.25. The fourth-order valence-corrected chi connectivity index (χ4v) is 3.27. The van der Waals surface area contributed by atoms with E-state index in [0.29, 0.717) is 0 Å². The summed E-state index contributed by atoms with van der Waals surface area (Å²) in [6, 6.07) is 0. The number of nitrogens with one attached hydrogen (secondary N) is 1. The van der Waals surface area contributed by atoms with E-state index in [1.807, 2.05) is 20.8 Å². The molecule has 0 aromatic heterocycles. The minimum absolute atomic E-state index is 0.172. The summed E-state index contributed by atoms with van der Waals surface area (Å²) in [5.74, 6) is 0. The third-order valence-electron chi connectivity index (χ3n) is 0.953. The molecule has 0 saturated carbocycles. The maximum Gasteiger partial charge on any atom is 0.326 e. The first-order chi connectivity index (χ1) is 4.83. The van der Waals surface area contributed by atoms with E-state index >= 15 is 0 Å². The summed E-state index contributed by atoms with van der Waals surface area (Å²) in [6.07, 6.45) is 1.77. The molecular formula is C6H16NO2PS. The lowest BCUT2D eigenvalue weighted by Crippen LogP contribution is -2.32. The first-order valence-corrected chi connectivity index (χ1v) is 6.79. The van der Waals surface area contributed by atoms with Crippen LogP contribution in [0.1, 0.15) is 20.8 Å². The molecule has 11 heavy (non-hydrogen) atoms. The standard InChI is InChI=1S/C6H16NO2PS/c1-6(2,3)7-10(8,9-4)11-5/h1-5H3,(H,7,8). The molecule has 0 aliphatic carbocycles. The highest BCUT2D eigenvalue weighted by molar-refractivity contribution is 8.55. The SMILES string of the molecule is COP(=O)(NC(C)(C)C)SC. The average molecular weight is 197 g/mol. The van der Waals surface area contributed by atoms with E-state index in [1.165, 1.54) is 18.5 Å². The van der Waals surface area contributed by atoms with Crippen molar-refractivity contribution in [2.45, 2.75) is 26.3 Å². The third-order valence-corrected chi connectivity index (χ3v) is 5.02. The lowest BCUT2D eigenvalue weighted by atomic mass is 10.1. The smallest absolute Gasteiger partial charge is 0.313 e. The molecule has 0 aliphatic rings. The Morgan fingerprint density at radius 2 is 1.91 bits per heavy atom. The van der Waals surface area contributed by atoms with E-state index in [4.69, 9.17) is 4.52 Å². The fraction of sp³-hybridized carbons (Fsp3) is 1.00. The molecule has 0 fully saturated rings. The van der Waals surface area contributed by atoms with Gasteiger partial charge in [-0.25, -0.2) is 5.09 Å². The topological polar surface area (TPSA) is 38.3 Å². The molecule has 1 atom stereocenters. The van der Waals surface area contributed by atoms with Gasteiger partial charge in [0.15, 0.2) is 0 Å². The molecule has 0 aromatic rings. The molecule has 3 nitrogen and oxygen atoms in total. The zero-order chi connectivity index (χ0) is 9.12. The van der Waals surface area contributed by atoms with Crippen LogP contribution >= 0.6 is 18.1 Å². The van der Waals surface area contributed by atoms with Crippen molar-refractivity contribution in [3.8, 4) is 0 Å². The van der Waals surface area contributed by atoms with Crippen molar-refractivity contribution in [3.05, 3.63) is 0 Å². The number of rotatable bonds is 3. The van der Waals surface area contributed by atoms with Gasteiger partial charge in [-0.15, -0.1) is 0 Å². The second kappa shape index (κ2) is 3.94. The molecule has 0 radical (unpaired) electrons. The minimum Gasteiger partial charge on any atom is -0.313 e. The molecule has 0 rings (SSSR count). The largest absolute Gasteiger partial charge is 0.326 e. The summed E-state index contributed by atoms with van der Waals surface area (Å²) in [6.45, 7) is 3.22. The van der Waals surface area contributed by atoms with Gasteiger partial charge < -0.3 is 4.52 Å². The molecular weight excluding hydrogens is 181 g/mol. The van der Waals surface area contributed by atoms with Crippen LogP contribution < -0.4 is 5.09 Å². The summed E-state index contributed by atoms with van der Waals surface area (Å²) >= 11 is 1.22.